The summed E-state index contributed by atoms with van der Waals surface area (Å²) in [5, 5.41) is 8.56. The van der Waals surface area contributed by atoms with E-state index in [1.165, 1.54) is 0 Å². The summed E-state index contributed by atoms with van der Waals surface area (Å²) in [6.07, 6.45) is 16.5. The van der Waals surface area contributed by atoms with E-state index < -0.39 is 5.97 Å². The van der Waals surface area contributed by atoms with E-state index in [1.54, 1.807) is 6.08 Å². The van der Waals surface area contributed by atoms with Gasteiger partial charge in [0.05, 0.1) is 0 Å². The number of carbonyl (C=O) groups excluding carboxylic acids is 1. The van der Waals surface area contributed by atoms with E-state index in [0.29, 0.717) is 5.92 Å². The summed E-state index contributed by atoms with van der Waals surface area (Å²) in [6, 6.07) is 0. The van der Waals surface area contributed by atoms with Crippen LogP contribution in [-0.2, 0) is 9.59 Å². The molecule has 0 fully saturated rings. The van der Waals surface area contributed by atoms with Gasteiger partial charge in [-0.15, -0.1) is 0 Å². The van der Waals surface area contributed by atoms with Crippen LogP contribution in [0.3, 0.4) is 0 Å². The van der Waals surface area contributed by atoms with Crippen molar-refractivity contribution in [1.82, 2.24) is 0 Å². The van der Waals surface area contributed by atoms with Crippen LogP contribution in [0.4, 0.5) is 0 Å². The number of allylic oxidation sites excluding steroid dienone is 4. The molecular formula is C18H28O3. The first-order chi connectivity index (χ1) is 10.1. The third kappa shape index (κ3) is 7.26. The molecule has 21 heavy (non-hydrogen) atoms. The van der Waals surface area contributed by atoms with E-state index in [9.17, 15) is 9.59 Å². The van der Waals surface area contributed by atoms with Crippen molar-refractivity contribution in [2.75, 3.05) is 0 Å². The SMILES string of the molecule is CC/C=C/C[C@@H]1C(=O)C=C[C@H]1CCCCCCCC(=O)O. The maximum Gasteiger partial charge on any atom is 0.303 e. The molecule has 1 aliphatic carbocycles. The number of aliphatic carboxylic acids is 1. The summed E-state index contributed by atoms with van der Waals surface area (Å²) < 4.78 is 0. The average Bonchev–Trinajstić information content (AvgIpc) is 2.79. The molecule has 0 radical (unpaired) electrons. The molecule has 0 aromatic carbocycles. The van der Waals surface area contributed by atoms with Crippen molar-refractivity contribution in [2.24, 2.45) is 11.8 Å². The van der Waals surface area contributed by atoms with Gasteiger partial charge in [0.25, 0.3) is 0 Å². The van der Waals surface area contributed by atoms with E-state index in [0.717, 1.165) is 51.4 Å². The second-order valence-corrected chi connectivity index (χ2v) is 5.85. The van der Waals surface area contributed by atoms with Crippen LogP contribution < -0.4 is 0 Å². The van der Waals surface area contributed by atoms with E-state index in [-0.39, 0.29) is 18.1 Å². The number of unbranched alkanes of at least 4 members (excludes halogenated alkanes) is 4. The van der Waals surface area contributed by atoms with Crippen LogP contribution in [0.25, 0.3) is 0 Å². The lowest BCUT2D eigenvalue weighted by Gasteiger charge is -2.16. The smallest absolute Gasteiger partial charge is 0.303 e. The monoisotopic (exact) mass is 292 g/mol. The largest absolute Gasteiger partial charge is 0.481 e. The molecule has 1 rings (SSSR count). The van der Waals surface area contributed by atoms with Gasteiger partial charge in [0.2, 0.25) is 0 Å². The summed E-state index contributed by atoms with van der Waals surface area (Å²) in [5.41, 5.74) is 0. The van der Waals surface area contributed by atoms with Crippen molar-refractivity contribution in [1.29, 1.82) is 0 Å². The molecule has 0 unspecified atom stereocenters. The number of rotatable bonds is 11. The molecule has 1 N–H and O–H groups in total. The van der Waals surface area contributed by atoms with Gasteiger partial charge in [0.1, 0.15) is 0 Å². The Labute approximate surface area is 128 Å². The van der Waals surface area contributed by atoms with E-state index in [1.807, 2.05) is 0 Å². The van der Waals surface area contributed by atoms with Gasteiger partial charge in [0.15, 0.2) is 5.78 Å². The first kappa shape index (κ1) is 17.7. The van der Waals surface area contributed by atoms with E-state index >= 15 is 0 Å². The highest BCUT2D eigenvalue weighted by atomic mass is 16.4. The minimum Gasteiger partial charge on any atom is -0.481 e. The number of carbonyl (C=O) groups is 2. The number of ketones is 1. The van der Waals surface area contributed by atoms with Gasteiger partial charge in [-0.2, -0.15) is 0 Å². The Balaban J connectivity index is 2.15. The van der Waals surface area contributed by atoms with Crippen LogP contribution in [0.1, 0.15) is 64.7 Å². The Morgan fingerprint density at radius 2 is 1.90 bits per heavy atom. The van der Waals surface area contributed by atoms with Crippen LogP contribution >= 0.6 is 0 Å². The van der Waals surface area contributed by atoms with Crippen molar-refractivity contribution in [3.63, 3.8) is 0 Å². The fourth-order valence-corrected chi connectivity index (χ4v) is 2.87. The van der Waals surface area contributed by atoms with Crippen LogP contribution in [0, 0.1) is 11.8 Å². The minimum absolute atomic E-state index is 0.153. The third-order valence-corrected chi connectivity index (χ3v) is 4.11. The second kappa shape index (κ2) is 10.4. The molecule has 0 heterocycles. The predicted molar refractivity (Wildman–Crippen MR) is 85.1 cm³/mol. The van der Waals surface area contributed by atoms with E-state index in [2.05, 4.69) is 25.2 Å². The minimum atomic E-state index is -0.701. The molecule has 3 heteroatoms. The molecule has 3 nitrogen and oxygen atoms in total. The van der Waals surface area contributed by atoms with Crippen LogP contribution in [0.2, 0.25) is 0 Å². The summed E-state index contributed by atoms with van der Waals surface area (Å²) in [6.45, 7) is 2.10. The Kier molecular flexibility index (Phi) is 8.72. The number of hydrogen-bond donors (Lipinski definition) is 1. The van der Waals surface area contributed by atoms with Gasteiger partial charge in [-0.05, 0) is 37.7 Å². The number of carboxylic acid groups (broad SMARTS) is 1. The highest BCUT2D eigenvalue weighted by Gasteiger charge is 2.28. The van der Waals surface area contributed by atoms with Gasteiger partial charge in [0, 0.05) is 12.3 Å². The number of hydrogen-bond acceptors (Lipinski definition) is 2. The molecule has 2 atom stereocenters. The normalized spacial score (nSPS) is 21.5. The summed E-state index contributed by atoms with van der Waals surface area (Å²) in [7, 11) is 0. The van der Waals surface area contributed by atoms with Gasteiger partial charge in [-0.3, -0.25) is 9.59 Å². The molecule has 0 aromatic rings. The molecule has 0 aromatic heterocycles. The molecule has 0 amide bonds. The van der Waals surface area contributed by atoms with Crippen molar-refractivity contribution in [2.45, 2.75) is 64.7 Å². The second-order valence-electron chi connectivity index (χ2n) is 5.85. The molecular weight excluding hydrogens is 264 g/mol. The summed E-state index contributed by atoms with van der Waals surface area (Å²) in [4.78, 5) is 22.2. The molecule has 0 bridgehead atoms. The first-order valence-corrected chi connectivity index (χ1v) is 8.24. The van der Waals surface area contributed by atoms with Crippen molar-refractivity contribution in [3.05, 3.63) is 24.3 Å². The predicted octanol–water partition coefficient (Wildman–Crippen LogP) is 4.53. The summed E-state index contributed by atoms with van der Waals surface area (Å²) >= 11 is 0. The Morgan fingerprint density at radius 1 is 1.19 bits per heavy atom. The highest BCUT2D eigenvalue weighted by molar-refractivity contribution is 5.94. The first-order valence-electron chi connectivity index (χ1n) is 8.24. The lowest BCUT2D eigenvalue weighted by atomic mass is 9.87. The summed E-state index contributed by atoms with van der Waals surface area (Å²) in [5.74, 6) is 0.132. The zero-order chi connectivity index (χ0) is 15.5. The standard InChI is InChI=1S/C18H28O3/c1-2-3-7-11-16-15(13-14-17(16)19)10-8-5-4-6-9-12-18(20)21/h3,7,13-16H,2,4-6,8-12H2,1H3,(H,20,21)/b7-3+/t15-,16+/m1/s1. The van der Waals surface area contributed by atoms with Gasteiger partial charge in [-0.25, -0.2) is 0 Å². The van der Waals surface area contributed by atoms with Crippen LogP contribution in [0.5, 0.6) is 0 Å². The maximum absolute atomic E-state index is 11.8. The van der Waals surface area contributed by atoms with Crippen LogP contribution in [-0.4, -0.2) is 16.9 Å². The molecule has 118 valence electrons. The Bertz CT molecular complexity index is 382. The maximum atomic E-state index is 11.8. The van der Waals surface area contributed by atoms with Gasteiger partial charge >= 0.3 is 5.97 Å². The Morgan fingerprint density at radius 3 is 2.62 bits per heavy atom. The fourth-order valence-electron chi connectivity index (χ4n) is 2.87. The van der Waals surface area contributed by atoms with Gasteiger partial charge in [-0.1, -0.05) is 50.8 Å². The molecule has 0 aliphatic heterocycles. The lowest BCUT2D eigenvalue weighted by molar-refractivity contribution is -0.137. The topological polar surface area (TPSA) is 54.4 Å². The quantitative estimate of drug-likeness (QED) is 0.449. The zero-order valence-corrected chi connectivity index (χ0v) is 13.1. The number of carboxylic acids is 1. The Hall–Kier alpha value is -1.38. The molecule has 0 spiro atoms. The zero-order valence-electron chi connectivity index (χ0n) is 13.1. The van der Waals surface area contributed by atoms with Crippen molar-refractivity contribution in [3.8, 4) is 0 Å². The lowest BCUT2D eigenvalue weighted by Crippen LogP contribution is -2.15. The van der Waals surface area contributed by atoms with Gasteiger partial charge < -0.3 is 5.11 Å². The molecule has 0 saturated carbocycles. The average molecular weight is 292 g/mol. The van der Waals surface area contributed by atoms with E-state index in [4.69, 9.17) is 5.11 Å². The third-order valence-electron chi connectivity index (χ3n) is 4.11. The fraction of sp³-hybridized carbons (Fsp3) is 0.667. The molecule has 1 aliphatic rings. The molecule has 0 saturated heterocycles. The highest BCUT2D eigenvalue weighted by Crippen LogP contribution is 2.30. The van der Waals surface area contributed by atoms with Crippen molar-refractivity contribution < 1.29 is 14.7 Å². The van der Waals surface area contributed by atoms with Crippen LogP contribution in [0.15, 0.2) is 24.3 Å². The van der Waals surface area contributed by atoms with Crippen molar-refractivity contribution >= 4 is 11.8 Å².